The Balaban J connectivity index is 2.39. The van der Waals surface area contributed by atoms with Gasteiger partial charge in [-0.1, -0.05) is 13.8 Å². The maximum atomic E-state index is 11.9. The van der Waals surface area contributed by atoms with Gasteiger partial charge in [-0.3, -0.25) is 4.79 Å². The zero-order valence-corrected chi connectivity index (χ0v) is 10.9. The van der Waals surface area contributed by atoms with E-state index >= 15 is 0 Å². The van der Waals surface area contributed by atoms with E-state index in [-0.39, 0.29) is 17.9 Å². The second kappa shape index (κ2) is 5.64. The smallest absolute Gasteiger partial charge is 0.239 e. The third-order valence-corrected chi connectivity index (χ3v) is 3.40. The molecule has 2 N–H and O–H groups in total. The molecule has 1 aliphatic rings. The number of nitrogens with zero attached hydrogens (tertiary/aromatic N) is 2. The highest BCUT2D eigenvalue weighted by Gasteiger charge is 2.26. The number of carbonyl (C=O) groups is 1. The topological polar surface area (TPSA) is 49.6 Å². The Kier molecular flexibility index (Phi) is 4.74. The van der Waals surface area contributed by atoms with Crippen molar-refractivity contribution in [3.05, 3.63) is 0 Å². The summed E-state index contributed by atoms with van der Waals surface area (Å²) in [6.07, 6.45) is 1.19. The van der Waals surface area contributed by atoms with Crippen LogP contribution in [0.1, 0.15) is 20.3 Å². The van der Waals surface area contributed by atoms with Gasteiger partial charge in [-0.05, 0) is 31.8 Å². The van der Waals surface area contributed by atoms with Gasteiger partial charge in [-0.25, -0.2) is 0 Å². The predicted molar refractivity (Wildman–Crippen MR) is 66.1 cm³/mol. The van der Waals surface area contributed by atoms with Crippen LogP contribution in [0.25, 0.3) is 0 Å². The van der Waals surface area contributed by atoms with Crippen molar-refractivity contribution in [2.45, 2.75) is 26.3 Å². The largest absolute Gasteiger partial charge is 0.344 e. The Morgan fingerprint density at radius 3 is 2.62 bits per heavy atom. The molecule has 0 aromatic carbocycles. The highest BCUT2D eigenvalue weighted by atomic mass is 16.2. The molecule has 0 unspecified atom stereocenters. The van der Waals surface area contributed by atoms with Crippen LogP contribution in [-0.2, 0) is 4.79 Å². The van der Waals surface area contributed by atoms with Crippen molar-refractivity contribution in [1.29, 1.82) is 0 Å². The molecule has 0 aromatic rings. The number of likely N-dealkylation sites (N-methyl/N-ethyl adjacent to an activating group) is 1. The number of likely N-dealkylation sites (tertiary alicyclic amines) is 1. The van der Waals surface area contributed by atoms with E-state index in [1.165, 1.54) is 6.42 Å². The van der Waals surface area contributed by atoms with E-state index in [9.17, 15) is 4.79 Å². The average Bonchev–Trinajstić information content (AvgIpc) is 2.61. The van der Waals surface area contributed by atoms with E-state index in [4.69, 9.17) is 5.73 Å². The summed E-state index contributed by atoms with van der Waals surface area (Å²) in [5.41, 5.74) is 5.86. The molecule has 1 heterocycles. The number of hydrogen-bond acceptors (Lipinski definition) is 3. The fraction of sp³-hybridized carbons (Fsp3) is 0.917. The molecule has 1 saturated heterocycles. The molecule has 1 rings (SSSR count). The summed E-state index contributed by atoms with van der Waals surface area (Å²) in [6, 6.07) is -0.357. The van der Waals surface area contributed by atoms with Crippen LogP contribution in [0.5, 0.6) is 0 Å². The Morgan fingerprint density at radius 2 is 2.19 bits per heavy atom. The molecule has 94 valence electrons. The first-order chi connectivity index (χ1) is 7.41. The minimum atomic E-state index is -0.357. The molecule has 1 fully saturated rings. The highest BCUT2D eigenvalue weighted by Crippen LogP contribution is 2.15. The normalized spacial score (nSPS) is 23.8. The van der Waals surface area contributed by atoms with E-state index < -0.39 is 0 Å². The molecule has 16 heavy (non-hydrogen) atoms. The van der Waals surface area contributed by atoms with Gasteiger partial charge in [0, 0.05) is 20.1 Å². The Bertz CT molecular complexity index is 242. The number of rotatable bonds is 4. The third kappa shape index (κ3) is 3.46. The summed E-state index contributed by atoms with van der Waals surface area (Å²) in [5.74, 6) is 0.893. The minimum absolute atomic E-state index is 0.0737. The molecule has 4 heteroatoms. The Labute approximate surface area is 98.8 Å². The molecule has 1 amide bonds. The van der Waals surface area contributed by atoms with Crippen LogP contribution >= 0.6 is 0 Å². The molecular weight excluding hydrogens is 202 g/mol. The number of amides is 1. The lowest BCUT2D eigenvalue weighted by Gasteiger charge is -2.25. The monoisotopic (exact) mass is 227 g/mol. The molecule has 4 nitrogen and oxygen atoms in total. The minimum Gasteiger partial charge on any atom is -0.344 e. The molecule has 0 radical (unpaired) electrons. The van der Waals surface area contributed by atoms with Crippen LogP contribution in [0.2, 0.25) is 0 Å². The van der Waals surface area contributed by atoms with Crippen molar-refractivity contribution in [1.82, 2.24) is 9.80 Å². The molecule has 0 saturated carbocycles. The number of carbonyl (C=O) groups excluding carboxylic acids is 1. The zero-order valence-electron chi connectivity index (χ0n) is 10.9. The van der Waals surface area contributed by atoms with Gasteiger partial charge in [0.15, 0.2) is 0 Å². The summed E-state index contributed by atoms with van der Waals surface area (Å²) < 4.78 is 0. The van der Waals surface area contributed by atoms with Gasteiger partial charge >= 0.3 is 0 Å². The van der Waals surface area contributed by atoms with E-state index in [0.717, 1.165) is 19.6 Å². The van der Waals surface area contributed by atoms with Gasteiger partial charge in [0.1, 0.15) is 0 Å². The third-order valence-electron chi connectivity index (χ3n) is 3.40. The van der Waals surface area contributed by atoms with E-state index in [2.05, 4.69) is 11.9 Å². The van der Waals surface area contributed by atoms with Crippen molar-refractivity contribution in [3.63, 3.8) is 0 Å². The molecule has 0 bridgehead atoms. The number of hydrogen-bond donors (Lipinski definition) is 1. The number of nitrogens with two attached hydrogens (primary N) is 1. The summed E-state index contributed by atoms with van der Waals surface area (Å²) in [7, 11) is 3.99. The van der Waals surface area contributed by atoms with E-state index in [1.807, 2.05) is 20.9 Å². The Hall–Kier alpha value is -0.610. The van der Waals surface area contributed by atoms with Crippen molar-refractivity contribution in [2.24, 2.45) is 17.6 Å². The summed E-state index contributed by atoms with van der Waals surface area (Å²) in [6.45, 7) is 7.04. The van der Waals surface area contributed by atoms with Crippen LogP contribution in [-0.4, -0.2) is 55.5 Å². The van der Waals surface area contributed by atoms with Gasteiger partial charge in [0.2, 0.25) is 5.91 Å². The molecule has 0 spiro atoms. The van der Waals surface area contributed by atoms with Crippen molar-refractivity contribution in [2.75, 3.05) is 33.7 Å². The summed E-state index contributed by atoms with van der Waals surface area (Å²) in [5, 5.41) is 0. The maximum Gasteiger partial charge on any atom is 0.239 e. The van der Waals surface area contributed by atoms with Crippen LogP contribution in [0.4, 0.5) is 0 Å². The first-order valence-electron chi connectivity index (χ1n) is 6.11. The molecule has 2 atom stereocenters. The molecule has 0 aliphatic carbocycles. The zero-order chi connectivity index (χ0) is 12.3. The highest BCUT2D eigenvalue weighted by molar-refractivity contribution is 5.81. The molecular formula is C12H25N3O. The van der Waals surface area contributed by atoms with Crippen LogP contribution in [0.15, 0.2) is 0 Å². The van der Waals surface area contributed by atoms with Crippen molar-refractivity contribution < 1.29 is 4.79 Å². The second-order valence-corrected chi connectivity index (χ2v) is 5.41. The average molecular weight is 227 g/mol. The Morgan fingerprint density at radius 1 is 1.56 bits per heavy atom. The van der Waals surface area contributed by atoms with Crippen LogP contribution in [0, 0.1) is 11.8 Å². The van der Waals surface area contributed by atoms with Gasteiger partial charge in [-0.15, -0.1) is 0 Å². The maximum absolute atomic E-state index is 11.9. The summed E-state index contributed by atoms with van der Waals surface area (Å²) in [4.78, 5) is 16.1. The lowest BCUT2D eigenvalue weighted by Crippen LogP contribution is -2.46. The van der Waals surface area contributed by atoms with Gasteiger partial charge in [-0.2, -0.15) is 0 Å². The van der Waals surface area contributed by atoms with Gasteiger partial charge in [0.05, 0.1) is 6.04 Å². The van der Waals surface area contributed by atoms with Gasteiger partial charge < -0.3 is 15.5 Å². The van der Waals surface area contributed by atoms with Crippen molar-refractivity contribution >= 4 is 5.91 Å². The first kappa shape index (κ1) is 13.5. The van der Waals surface area contributed by atoms with E-state index in [1.54, 1.807) is 4.90 Å². The van der Waals surface area contributed by atoms with E-state index in [0.29, 0.717) is 5.92 Å². The van der Waals surface area contributed by atoms with Crippen molar-refractivity contribution in [3.8, 4) is 0 Å². The van der Waals surface area contributed by atoms with Crippen LogP contribution in [0.3, 0.4) is 0 Å². The molecule has 0 aromatic heterocycles. The van der Waals surface area contributed by atoms with Crippen LogP contribution < -0.4 is 5.73 Å². The standard InChI is InChI=1S/C12H25N3O/c1-9(2)11(13)12(16)15(4)8-10-5-6-14(3)7-10/h9-11H,5-8,13H2,1-4H3/t10-,11+/m1/s1. The SMILES string of the molecule is CC(C)[C@H](N)C(=O)N(C)C[C@@H]1CCN(C)C1. The fourth-order valence-corrected chi connectivity index (χ4v) is 2.19. The second-order valence-electron chi connectivity index (χ2n) is 5.41. The lowest BCUT2D eigenvalue weighted by atomic mass is 10.0. The molecule has 1 aliphatic heterocycles. The van der Waals surface area contributed by atoms with Gasteiger partial charge in [0.25, 0.3) is 0 Å². The lowest BCUT2D eigenvalue weighted by molar-refractivity contribution is -0.132. The quantitative estimate of drug-likeness (QED) is 0.755. The fourth-order valence-electron chi connectivity index (χ4n) is 2.19. The predicted octanol–water partition coefficient (Wildman–Crippen LogP) is 0.380. The summed E-state index contributed by atoms with van der Waals surface area (Å²) >= 11 is 0. The first-order valence-corrected chi connectivity index (χ1v) is 6.11.